The number of amides is 2. The van der Waals surface area contributed by atoms with Crippen molar-refractivity contribution in [3.05, 3.63) is 23.9 Å². The highest BCUT2D eigenvalue weighted by Gasteiger charge is 2.48. The van der Waals surface area contributed by atoms with E-state index in [2.05, 4.69) is 10.2 Å². The molecule has 3 heterocycles. The van der Waals surface area contributed by atoms with Crippen LogP contribution in [0.4, 0.5) is 0 Å². The molecule has 0 radical (unpaired) electrons. The zero-order valence-electron chi connectivity index (χ0n) is 21.7. The predicted molar refractivity (Wildman–Crippen MR) is 137 cm³/mol. The number of rotatable bonds is 8. The molecule has 1 atom stereocenters. The fourth-order valence-corrected chi connectivity index (χ4v) is 5.99. The highest BCUT2D eigenvalue weighted by atomic mass is 16.5. The summed E-state index contributed by atoms with van der Waals surface area (Å²) in [6.07, 6.45) is 5.05. The van der Waals surface area contributed by atoms with E-state index in [4.69, 9.17) is 14.2 Å². The van der Waals surface area contributed by atoms with Crippen LogP contribution in [0.2, 0.25) is 0 Å². The lowest BCUT2D eigenvalue weighted by Crippen LogP contribution is -2.65. The summed E-state index contributed by atoms with van der Waals surface area (Å²) in [5.74, 6) is 1.12. The van der Waals surface area contributed by atoms with E-state index >= 15 is 0 Å². The molecule has 2 aromatic rings. The summed E-state index contributed by atoms with van der Waals surface area (Å²) in [6.45, 7) is 6.95. The summed E-state index contributed by atoms with van der Waals surface area (Å²) < 4.78 is 18.7. The maximum atomic E-state index is 14.0. The van der Waals surface area contributed by atoms with Crippen LogP contribution in [0.15, 0.2) is 18.2 Å². The van der Waals surface area contributed by atoms with E-state index in [1.807, 2.05) is 29.7 Å². The van der Waals surface area contributed by atoms with E-state index < -0.39 is 5.54 Å². The van der Waals surface area contributed by atoms with Gasteiger partial charge in [-0.1, -0.05) is 12.8 Å². The summed E-state index contributed by atoms with van der Waals surface area (Å²) in [5.41, 5.74) is 0.330. The molecule has 3 aliphatic rings. The Morgan fingerprint density at radius 1 is 1.11 bits per heavy atom. The van der Waals surface area contributed by atoms with Gasteiger partial charge < -0.3 is 29.0 Å². The number of benzene rings is 1. The SMILES string of the molecule is COc1ccc(OC)c2c1cc1n2C[C@](C)(C(=O)NC2CCCC2)N(CCCN2CCOCC2)C1=O. The average Bonchev–Trinajstić information content (AvgIpc) is 3.54. The molecule has 2 fully saturated rings. The third-order valence-corrected chi connectivity index (χ3v) is 8.09. The molecular weight excluding hydrogens is 460 g/mol. The van der Waals surface area contributed by atoms with Crippen LogP contribution in [0.5, 0.6) is 11.5 Å². The fourth-order valence-electron chi connectivity index (χ4n) is 5.99. The predicted octanol–water partition coefficient (Wildman–Crippen LogP) is 2.65. The van der Waals surface area contributed by atoms with Crippen molar-refractivity contribution >= 4 is 22.7 Å². The highest BCUT2D eigenvalue weighted by molar-refractivity contribution is 6.05. The van der Waals surface area contributed by atoms with E-state index in [0.29, 0.717) is 30.3 Å². The molecule has 5 rings (SSSR count). The smallest absolute Gasteiger partial charge is 0.271 e. The molecule has 2 aliphatic heterocycles. The zero-order valence-corrected chi connectivity index (χ0v) is 21.7. The van der Waals surface area contributed by atoms with Crippen LogP contribution < -0.4 is 14.8 Å². The molecular formula is C27H38N4O5. The van der Waals surface area contributed by atoms with Gasteiger partial charge in [-0.15, -0.1) is 0 Å². The van der Waals surface area contributed by atoms with Crippen LogP contribution in [-0.2, 0) is 16.1 Å². The Morgan fingerprint density at radius 2 is 1.81 bits per heavy atom. The normalized spacial score (nSPS) is 23.2. The van der Waals surface area contributed by atoms with Crippen molar-refractivity contribution in [2.45, 2.75) is 57.2 Å². The van der Waals surface area contributed by atoms with Crippen molar-refractivity contribution < 1.29 is 23.8 Å². The molecule has 0 unspecified atom stereocenters. The van der Waals surface area contributed by atoms with Crippen LogP contribution in [0.1, 0.15) is 49.5 Å². The maximum Gasteiger partial charge on any atom is 0.271 e. The van der Waals surface area contributed by atoms with Crippen molar-refractivity contribution in [2.24, 2.45) is 0 Å². The summed E-state index contributed by atoms with van der Waals surface area (Å²) in [4.78, 5) is 32.0. The number of ether oxygens (including phenoxy) is 3. The molecule has 1 saturated heterocycles. The van der Waals surface area contributed by atoms with E-state index in [0.717, 1.165) is 75.9 Å². The van der Waals surface area contributed by atoms with E-state index in [1.165, 1.54) is 0 Å². The lowest BCUT2D eigenvalue weighted by molar-refractivity contribution is -0.133. The molecule has 1 aromatic carbocycles. The summed E-state index contributed by atoms with van der Waals surface area (Å²) in [7, 11) is 3.24. The molecule has 1 aliphatic carbocycles. The van der Waals surface area contributed by atoms with E-state index in [9.17, 15) is 9.59 Å². The average molecular weight is 499 g/mol. The van der Waals surface area contributed by atoms with Gasteiger partial charge >= 0.3 is 0 Å². The van der Waals surface area contributed by atoms with Gasteiger partial charge in [0.15, 0.2) is 0 Å². The Hall–Kier alpha value is -2.78. The summed E-state index contributed by atoms with van der Waals surface area (Å²) in [6, 6.07) is 5.76. The van der Waals surface area contributed by atoms with Gasteiger partial charge in [0.1, 0.15) is 22.7 Å². The van der Waals surface area contributed by atoms with Crippen LogP contribution in [-0.4, -0.2) is 91.4 Å². The van der Waals surface area contributed by atoms with E-state index in [-0.39, 0.29) is 17.9 Å². The van der Waals surface area contributed by atoms with Gasteiger partial charge in [0.05, 0.1) is 39.5 Å². The van der Waals surface area contributed by atoms with Gasteiger partial charge in [0.2, 0.25) is 5.91 Å². The van der Waals surface area contributed by atoms with Crippen molar-refractivity contribution in [1.82, 2.24) is 19.7 Å². The van der Waals surface area contributed by atoms with Crippen molar-refractivity contribution in [3.63, 3.8) is 0 Å². The fraction of sp³-hybridized carbons (Fsp3) is 0.630. The lowest BCUT2D eigenvalue weighted by atomic mass is 9.93. The zero-order chi connectivity index (χ0) is 25.3. The third-order valence-electron chi connectivity index (χ3n) is 8.09. The van der Waals surface area contributed by atoms with Gasteiger partial charge in [0.25, 0.3) is 5.91 Å². The number of morpholine rings is 1. The van der Waals surface area contributed by atoms with Gasteiger partial charge in [-0.3, -0.25) is 14.5 Å². The first-order valence-corrected chi connectivity index (χ1v) is 13.1. The Bertz CT molecular complexity index is 1120. The molecule has 1 N–H and O–H groups in total. The van der Waals surface area contributed by atoms with Gasteiger partial charge in [-0.05, 0) is 44.4 Å². The number of nitrogens with one attached hydrogen (secondary N) is 1. The van der Waals surface area contributed by atoms with Crippen molar-refractivity contribution in [1.29, 1.82) is 0 Å². The number of fused-ring (bicyclic) bond motifs is 3. The molecule has 9 nitrogen and oxygen atoms in total. The number of aromatic nitrogens is 1. The highest BCUT2D eigenvalue weighted by Crippen LogP contribution is 2.40. The minimum atomic E-state index is -1.02. The third kappa shape index (κ3) is 4.43. The van der Waals surface area contributed by atoms with Crippen LogP contribution >= 0.6 is 0 Å². The number of nitrogens with zero attached hydrogens (tertiary/aromatic N) is 3. The Kier molecular flexibility index (Phi) is 7.12. The quantitative estimate of drug-likeness (QED) is 0.602. The second-order valence-electron chi connectivity index (χ2n) is 10.3. The first kappa shape index (κ1) is 24.9. The van der Waals surface area contributed by atoms with Crippen LogP contribution in [0, 0.1) is 0 Å². The minimum Gasteiger partial charge on any atom is -0.496 e. The molecule has 196 valence electrons. The first-order chi connectivity index (χ1) is 17.5. The second-order valence-corrected chi connectivity index (χ2v) is 10.3. The van der Waals surface area contributed by atoms with Crippen molar-refractivity contribution in [3.8, 4) is 11.5 Å². The molecule has 1 aromatic heterocycles. The molecule has 2 amide bonds. The molecule has 9 heteroatoms. The van der Waals surface area contributed by atoms with Gasteiger partial charge in [-0.2, -0.15) is 0 Å². The minimum absolute atomic E-state index is 0.0801. The summed E-state index contributed by atoms with van der Waals surface area (Å²) >= 11 is 0. The monoisotopic (exact) mass is 498 g/mol. The lowest BCUT2D eigenvalue weighted by Gasteiger charge is -2.45. The van der Waals surface area contributed by atoms with Gasteiger partial charge in [-0.25, -0.2) is 0 Å². The number of hydrogen-bond donors (Lipinski definition) is 1. The van der Waals surface area contributed by atoms with Crippen LogP contribution in [0.25, 0.3) is 10.9 Å². The molecule has 0 bridgehead atoms. The Morgan fingerprint density at radius 3 is 2.50 bits per heavy atom. The number of carbonyl (C=O) groups excluding carboxylic acids is 2. The molecule has 36 heavy (non-hydrogen) atoms. The van der Waals surface area contributed by atoms with E-state index in [1.54, 1.807) is 19.1 Å². The standard InChI is InChI=1S/C27H38N4O5/c1-27(26(33)28-19-7-4-5-8-19)18-30-21(17-20-22(34-2)9-10-23(35-3)24(20)30)25(32)31(27)12-6-11-29-13-15-36-16-14-29/h9-10,17,19H,4-8,11-16,18H2,1-3H3,(H,28,33)/t27-/m1/s1. The van der Waals surface area contributed by atoms with Crippen LogP contribution in [0.3, 0.4) is 0 Å². The Labute approximate surface area is 212 Å². The number of hydrogen-bond acceptors (Lipinski definition) is 6. The first-order valence-electron chi connectivity index (χ1n) is 13.1. The molecule has 1 saturated carbocycles. The topological polar surface area (TPSA) is 85.3 Å². The second kappa shape index (κ2) is 10.3. The Balaban J connectivity index is 1.49. The molecule has 0 spiro atoms. The van der Waals surface area contributed by atoms with Crippen molar-refractivity contribution in [2.75, 3.05) is 53.6 Å². The van der Waals surface area contributed by atoms with Gasteiger partial charge in [0, 0.05) is 37.6 Å². The number of methoxy groups -OCH3 is 2. The maximum absolute atomic E-state index is 14.0. The largest absolute Gasteiger partial charge is 0.496 e. The summed E-state index contributed by atoms with van der Waals surface area (Å²) in [5, 5.41) is 4.09. The number of carbonyl (C=O) groups is 2.